The highest BCUT2D eigenvalue weighted by atomic mass is 16.5. The van der Waals surface area contributed by atoms with Crippen LogP contribution in [0.3, 0.4) is 0 Å². The number of carbonyl (C=O) groups excluding carboxylic acids is 1. The van der Waals surface area contributed by atoms with E-state index in [2.05, 4.69) is 29.5 Å². The number of aromatic nitrogens is 2. The quantitative estimate of drug-likeness (QED) is 0.636. The summed E-state index contributed by atoms with van der Waals surface area (Å²) in [4.78, 5) is 15.8. The van der Waals surface area contributed by atoms with E-state index in [0.29, 0.717) is 25.6 Å². The van der Waals surface area contributed by atoms with Gasteiger partial charge >= 0.3 is 0 Å². The summed E-state index contributed by atoms with van der Waals surface area (Å²) < 4.78 is 6.65. The zero-order valence-electron chi connectivity index (χ0n) is 12.0. The molecule has 0 unspecified atom stereocenters. The Balaban J connectivity index is 2.27. The maximum atomic E-state index is 11.6. The number of nitrogens with zero attached hydrogens (tertiary/aromatic N) is 2. The minimum Gasteiger partial charge on any atom is -0.383 e. The number of amides is 1. The molecule has 6 heteroatoms. The van der Waals surface area contributed by atoms with Crippen molar-refractivity contribution in [3.8, 4) is 0 Å². The van der Waals surface area contributed by atoms with Gasteiger partial charge in [-0.25, -0.2) is 4.98 Å². The van der Waals surface area contributed by atoms with Crippen molar-refractivity contribution in [3.63, 3.8) is 0 Å². The number of nitrogens with one attached hydrogen (secondary N) is 2. The summed E-state index contributed by atoms with van der Waals surface area (Å²) >= 11 is 0. The van der Waals surface area contributed by atoms with Crippen LogP contribution in [0.1, 0.15) is 19.5 Å². The fraction of sp³-hybridized carbons (Fsp3) is 0.692. The zero-order chi connectivity index (χ0) is 14.1. The Morgan fingerprint density at radius 2 is 2.32 bits per heavy atom. The average Bonchev–Trinajstić information content (AvgIpc) is 2.76. The highest BCUT2D eigenvalue weighted by Crippen LogP contribution is 1.97. The second-order valence-corrected chi connectivity index (χ2v) is 4.90. The number of rotatable bonds is 9. The van der Waals surface area contributed by atoms with Gasteiger partial charge in [0.2, 0.25) is 5.91 Å². The molecule has 0 saturated carbocycles. The SMILES string of the molecule is COCCNC(=O)Cn1cnc(CNCC(C)C)c1. The van der Waals surface area contributed by atoms with Crippen molar-refractivity contribution in [2.45, 2.75) is 26.9 Å². The molecule has 0 aliphatic carbocycles. The van der Waals surface area contributed by atoms with Crippen LogP contribution in [0.4, 0.5) is 0 Å². The van der Waals surface area contributed by atoms with E-state index in [1.165, 1.54) is 0 Å². The summed E-state index contributed by atoms with van der Waals surface area (Å²) in [5, 5.41) is 6.09. The second kappa shape index (κ2) is 8.66. The predicted octanol–water partition coefficient (Wildman–Crippen LogP) is 0.391. The molecule has 1 aromatic heterocycles. The van der Waals surface area contributed by atoms with Crippen LogP contribution in [-0.2, 0) is 22.6 Å². The van der Waals surface area contributed by atoms with Crippen LogP contribution in [0.2, 0.25) is 0 Å². The number of hydrogen-bond donors (Lipinski definition) is 2. The summed E-state index contributed by atoms with van der Waals surface area (Å²) in [6, 6.07) is 0. The molecule has 0 saturated heterocycles. The molecule has 0 spiro atoms. The van der Waals surface area contributed by atoms with E-state index in [-0.39, 0.29) is 5.91 Å². The maximum absolute atomic E-state index is 11.6. The van der Waals surface area contributed by atoms with Gasteiger partial charge in [-0.05, 0) is 12.5 Å². The van der Waals surface area contributed by atoms with Crippen LogP contribution in [0, 0.1) is 5.92 Å². The van der Waals surface area contributed by atoms with Gasteiger partial charge in [0.15, 0.2) is 0 Å². The van der Waals surface area contributed by atoms with Gasteiger partial charge in [0.05, 0.1) is 18.6 Å². The molecule has 1 aromatic rings. The second-order valence-electron chi connectivity index (χ2n) is 4.90. The molecule has 0 radical (unpaired) electrons. The normalized spacial score (nSPS) is 10.9. The first-order valence-corrected chi connectivity index (χ1v) is 6.58. The molecule has 0 aromatic carbocycles. The average molecular weight is 268 g/mol. The number of carbonyl (C=O) groups is 1. The number of methoxy groups -OCH3 is 1. The van der Waals surface area contributed by atoms with Crippen LogP contribution in [0.5, 0.6) is 0 Å². The molecule has 0 fully saturated rings. The van der Waals surface area contributed by atoms with Crippen molar-refractivity contribution in [2.75, 3.05) is 26.8 Å². The first kappa shape index (κ1) is 15.7. The maximum Gasteiger partial charge on any atom is 0.240 e. The highest BCUT2D eigenvalue weighted by Gasteiger charge is 2.04. The Morgan fingerprint density at radius 3 is 3.00 bits per heavy atom. The van der Waals surface area contributed by atoms with E-state index in [0.717, 1.165) is 18.8 Å². The monoisotopic (exact) mass is 268 g/mol. The van der Waals surface area contributed by atoms with Gasteiger partial charge < -0.3 is 19.9 Å². The van der Waals surface area contributed by atoms with E-state index in [4.69, 9.17) is 4.74 Å². The van der Waals surface area contributed by atoms with E-state index in [1.54, 1.807) is 18.0 Å². The van der Waals surface area contributed by atoms with Gasteiger partial charge in [0.1, 0.15) is 6.54 Å². The largest absolute Gasteiger partial charge is 0.383 e. The van der Waals surface area contributed by atoms with Crippen LogP contribution in [0.15, 0.2) is 12.5 Å². The smallest absolute Gasteiger partial charge is 0.240 e. The van der Waals surface area contributed by atoms with E-state index in [1.807, 2.05) is 6.20 Å². The van der Waals surface area contributed by atoms with Gasteiger partial charge in [-0.2, -0.15) is 0 Å². The van der Waals surface area contributed by atoms with Crippen LogP contribution < -0.4 is 10.6 Å². The summed E-state index contributed by atoms with van der Waals surface area (Å²) in [6.45, 7) is 7.38. The molecular weight excluding hydrogens is 244 g/mol. The van der Waals surface area contributed by atoms with Crippen molar-refractivity contribution in [3.05, 3.63) is 18.2 Å². The third-order valence-electron chi connectivity index (χ3n) is 2.50. The molecular formula is C13H24N4O2. The standard InChI is InChI=1S/C13H24N4O2/c1-11(2)6-14-7-12-8-17(10-16-12)9-13(18)15-4-5-19-3/h8,10-11,14H,4-7,9H2,1-3H3,(H,15,18). The van der Waals surface area contributed by atoms with Crippen LogP contribution in [-0.4, -0.2) is 42.3 Å². The lowest BCUT2D eigenvalue weighted by Crippen LogP contribution is -2.30. The van der Waals surface area contributed by atoms with Gasteiger partial charge in [0.25, 0.3) is 0 Å². The molecule has 6 nitrogen and oxygen atoms in total. The number of ether oxygens (including phenoxy) is 1. The molecule has 2 N–H and O–H groups in total. The molecule has 1 heterocycles. The summed E-state index contributed by atoms with van der Waals surface area (Å²) in [5.41, 5.74) is 0.949. The number of hydrogen-bond acceptors (Lipinski definition) is 4. The van der Waals surface area contributed by atoms with Crippen LogP contribution >= 0.6 is 0 Å². The van der Waals surface area contributed by atoms with E-state index >= 15 is 0 Å². The molecule has 19 heavy (non-hydrogen) atoms. The first-order valence-electron chi connectivity index (χ1n) is 6.58. The fourth-order valence-corrected chi connectivity index (χ4v) is 1.59. The lowest BCUT2D eigenvalue weighted by atomic mass is 10.2. The fourth-order valence-electron chi connectivity index (χ4n) is 1.59. The minimum atomic E-state index is -0.0314. The highest BCUT2D eigenvalue weighted by molar-refractivity contribution is 5.75. The Bertz CT molecular complexity index is 376. The molecule has 0 aliphatic rings. The number of imidazole rings is 1. The van der Waals surface area contributed by atoms with Gasteiger partial charge in [-0.1, -0.05) is 13.8 Å². The van der Waals surface area contributed by atoms with Gasteiger partial charge in [0, 0.05) is 26.4 Å². The Morgan fingerprint density at radius 1 is 1.53 bits per heavy atom. The first-order chi connectivity index (χ1) is 9.11. The molecule has 0 bridgehead atoms. The van der Waals surface area contributed by atoms with Crippen molar-refractivity contribution < 1.29 is 9.53 Å². The molecule has 0 aliphatic heterocycles. The van der Waals surface area contributed by atoms with E-state index in [9.17, 15) is 4.79 Å². The molecule has 1 rings (SSSR count). The molecule has 108 valence electrons. The molecule has 0 atom stereocenters. The summed E-state index contributed by atoms with van der Waals surface area (Å²) in [5.74, 6) is 0.588. The summed E-state index contributed by atoms with van der Waals surface area (Å²) in [6.07, 6.45) is 3.57. The van der Waals surface area contributed by atoms with Gasteiger partial charge in [-0.15, -0.1) is 0 Å². The van der Waals surface area contributed by atoms with Crippen molar-refractivity contribution in [1.82, 2.24) is 20.2 Å². The van der Waals surface area contributed by atoms with Crippen molar-refractivity contribution in [1.29, 1.82) is 0 Å². The van der Waals surface area contributed by atoms with Crippen molar-refractivity contribution in [2.24, 2.45) is 5.92 Å². The summed E-state index contributed by atoms with van der Waals surface area (Å²) in [7, 11) is 1.61. The topological polar surface area (TPSA) is 68.2 Å². The Labute approximate surface area is 114 Å². The third kappa shape index (κ3) is 6.93. The lowest BCUT2D eigenvalue weighted by Gasteiger charge is -2.05. The third-order valence-corrected chi connectivity index (χ3v) is 2.50. The minimum absolute atomic E-state index is 0.0314. The predicted molar refractivity (Wildman–Crippen MR) is 73.7 cm³/mol. The van der Waals surface area contributed by atoms with Gasteiger partial charge in [-0.3, -0.25) is 4.79 Å². The van der Waals surface area contributed by atoms with E-state index < -0.39 is 0 Å². The Hall–Kier alpha value is -1.40. The zero-order valence-corrected chi connectivity index (χ0v) is 12.0. The van der Waals surface area contributed by atoms with Crippen molar-refractivity contribution >= 4 is 5.91 Å². The Kier molecular flexibility index (Phi) is 7.14. The lowest BCUT2D eigenvalue weighted by molar-refractivity contribution is -0.121. The molecule has 1 amide bonds. The van der Waals surface area contributed by atoms with Crippen LogP contribution in [0.25, 0.3) is 0 Å².